The lowest BCUT2D eigenvalue weighted by Gasteiger charge is -2.28. The first-order valence-electron chi connectivity index (χ1n) is 24.0. The van der Waals surface area contributed by atoms with Crippen LogP contribution in [0.1, 0.15) is 194 Å². The van der Waals surface area contributed by atoms with E-state index < -0.39 is 13.9 Å². The maximum Gasteiger partial charge on any atom is 0.306 e. The molecule has 0 aromatic carbocycles. The second kappa shape index (κ2) is 42.9. The quantitative estimate of drug-likeness (QED) is 0.0198. The van der Waals surface area contributed by atoms with Crippen molar-refractivity contribution in [2.75, 3.05) is 54.1 Å². The lowest BCUT2D eigenvalue weighted by Crippen LogP contribution is -2.37. The fraction of sp³-hybridized carbons (Fsp3) is 0.780. The highest BCUT2D eigenvalue weighted by molar-refractivity contribution is 7.45. The van der Waals surface area contributed by atoms with Crippen LogP contribution in [-0.4, -0.2) is 70.7 Å². The van der Waals surface area contributed by atoms with Crippen LogP contribution in [0.4, 0.5) is 0 Å². The molecule has 0 radical (unpaired) electrons. The van der Waals surface area contributed by atoms with Gasteiger partial charge in [0.05, 0.1) is 34.4 Å². The van der Waals surface area contributed by atoms with E-state index in [-0.39, 0.29) is 25.8 Å². The van der Waals surface area contributed by atoms with Gasteiger partial charge in [-0.1, -0.05) is 171 Å². The fourth-order valence-electron chi connectivity index (χ4n) is 6.36. The van der Waals surface area contributed by atoms with Crippen LogP contribution in [0, 0.1) is 0 Å². The molecule has 344 valence electrons. The molecule has 0 aliphatic carbocycles. The molecule has 0 fully saturated rings. The van der Waals surface area contributed by atoms with Crippen molar-refractivity contribution in [2.24, 2.45) is 0 Å². The normalized spacial score (nSPS) is 14.2. The minimum absolute atomic E-state index is 0.0195. The Labute approximate surface area is 364 Å². The van der Waals surface area contributed by atoms with Crippen molar-refractivity contribution in [1.29, 1.82) is 0 Å². The Hall–Kier alpha value is -1.80. The predicted molar refractivity (Wildman–Crippen MR) is 249 cm³/mol. The summed E-state index contributed by atoms with van der Waals surface area (Å²) < 4.78 is 34.7. The molecule has 2 atom stereocenters. The Balaban J connectivity index is 4.23. The number of likely N-dealkylation sites (N-methyl/N-ethyl adjacent to an activating group) is 1. The molecule has 0 bridgehead atoms. The number of unbranched alkanes of at least 4 members (excludes halogenated alkanes) is 20. The molecule has 59 heavy (non-hydrogen) atoms. The lowest BCUT2D eigenvalue weighted by molar-refractivity contribution is -0.870. The van der Waals surface area contributed by atoms with Gasteiger partial charge in [0.15, 0.2) is 0 Å². The summed E-state index contributed by atoms with van der Waals surface area (Å²) in [5, 5.41) is 0. The number of hydrogen-bond donors (Lipinski definition) is 0. The molecule has 0 amide bonds. The van der Waals surface area contributed by atoms with Crippen molar-refractivity contribution in [2.45, 2.75) is 200 Å². The van der Waals surface area contributed by atoms with Gasteiger partial charge in [-0.05, 0) is 77.0 Å². The second-order valence-corrected chi connectivity index (χ2v) is 18.5. The monoisotopic (exact) mass is 850 g/mol. The van der Waals surface area contributed by atoms with Crippen molar-refractivity contribution in [3.05, 3.63) is 60.8 Å². The molecule has 0 spiro atoms. The number of rotatable bonds is 44. The Morgan fingerprint density at radius 1 is 0.542 bits per heavy atom. The molecule has 0 aliphatic rings. The van der Waals surface area contributed by atoms with Crippen LogP contribution >= 0.6 is 7.82 Å². The lowest BCUT2D eigenvalue weighted by atomic mass is 10.1. The van der Waals surface area contributed by atoms with Crippen molar-refractivity contribution >= 4 is 13.8 Å². The average Bonchev–Trinajstić information content (AvgIpc) is 3.19. The van der Waals surface area contributed by atoms with Gasteiger partial charge in [-0.15, -0.1) is 0 Å². The molecule has 2 unspecified atom stereocenters. The van der Waals surface area contributed by atoms with Gasteiger partial charge in [-0.3, -0.25) is 9.36 Å². The van der Waals surface area contributed by atoms with E-state index in [1.807, 2.05) is 21.1 Å². The predicted octanol–water partition coefficient (Wildman–Crippen LogP) is 13.9. The number of carbonyl (C=O) groups is 1. The largest absolute Gasteiger partial charge is 0.756 e. The summed E-state index contributed by atoms with van der Waals surface area (Å²) >= 11 is 0. The number of phosphoric ester groups is 1. The summed E-state index contributed by atoms with van der Waals surface area (Å²) in [6, 6.07) is 0. The molecule has 0 aromatic heterocycles. The van der Waals surface area contributed by atoms with Gasteiger partial charge in [0.25, 0.3) is 7.82 Å². The molecule has 0 saturated heterocycles. The topological polar surface area (TPSA) is 94.1 Å². The van der Waals surface area contributed by atoms with Crippen LogP contribution in [0.25, 0.3) is 0 Å². The number of hydrogen-bond acceptors (Lipinski definition) is 7. The summed E-state index contributed by atoms with van der Waals surface area (Å²) in [6.45, 7) is 5.25. The number of esters is 1. The van der Waals surface area contributed by atoms with Crippen LogP contribution in [-0.2, 0) is 27.9 Å². The molecule has 0 aromatic rings. The Morgan fingerprint density at radius 2 is 0.983 bits per heavy atom. The zero-order chi connectivity index (χ0) is 43.4. The summed E-state index contributed by atoms with van der Waals surface area (Å²) in [7, 11) is 1.34. The first kappa shape index (κ1) is 57.2. The van der Waals surface area contributed by atoms with E-state index in [1.54, 1.807) is 0 Å². The van der Waals surface area contributed by atoms with E-state index in [2.05, 4.69) is 74.6 Å². The second-order valence-electron chi connectivity index (χ2n) is 17.1. The molecule has 9 heteroatoms. The van der Waals surface area contributed by atoms with Crippen molar-refractivity contribution in [3.63, 3.8) is 0 Å². The number of quaternary nitrogens is 1. The van der Waals surface area contributed by atoms with E-state index in [4.69, 9.17) is 18.5 Å². The van der Waals surface area contributed by atoms with Crippen LogP contribution in [0.2, 0.25) is 0 Å². The number of ether oxygens (including phenoxy) is 2. The maximum absolute atomic E-state index is 12.7. The highest BCUT2D eigenvalue weighted by atomic mass is 31.2. The highest BCUT2D eigenvalue weighted by Crippen LogP contribution is 2.38. The average molecular weight is 850 g/mol. The molecular weight excluding hydrogens is 758 g/mol. The van der Waals surface area contributed by atoms with Gasteiger partial charge >= 0.3 is 5.97 Å². The van der Waals surface area contributed by atoms with Gasteiger partial charge in [0, 0.05) is 13.0 Å². The summed E-state index contributed by atoms with van der Waals surface area (Å²) in [6.07, 6.45) is 53.8. The van der Waals surface area contributed by atoms with E-state index in [0.29, 0.717) is 24.1 Å². The summed E-state index contributed by atoms with van der Waals surface area (Å²) in [5.41, 5.74) is 0. The minimum atomic E-state index is -4.54. The molecular formula is C50H92NO7P. The Kier molecular flexibility index (Phi) is 41.6. The van der Waals surface area contributed by atoms with Gasteiger partial charge in [0.2, 0.25) is 0 Å². The van der Waals surface area contributed by atoms with Crippen LogP contribution < -0.4 is 4.89 Å². The zero-order valence-corrected chi connectivity index (χ0v) is 39.8. The van der Waals surface area contributed by atoms with E-state index in [9.17, 15) is 14.3 Å². The number of phosphoric acid groups is 1. The molecule has 0 rings (SSSR count). The fourth-order valence-corrected chi connectivity index (χ4v) is 7.08. The molecule has 0 saturated carbocycles. The van der Waals surface area contributed by atoms with Crippen molar-refractivity contribution < 1.29 is 37.3 Å². The summed E-state index contributed by atoms with van der Waals surface area (Å²) in [4.78, 5) is 25.1. The van der Waals surface area contributed by atoms with Crippen molar-refractivity contribution in [1.82, 2.24) is 0 Å². The van der Waals surface area contributed by atoms with Gasteiger partial charge in [0.1, 0.15) is 19.3 Å². The third kappa shape index (κ3) is 47.1. The van der Waals surface area contributed by atoms with E-state index in [1.165, 1.54) is 103 Å². The van der Waals surface area contributed by atoms with Crippen LogP contribution in [0.5, 0.6) is 0 Å². The van der Waals surface area contributed by atoms with E-state index in [0.717, 1.165) is 70.6 Å². The Bertz CT molecular complexity index is 1130. The van der Waals surface area contributed by atoms with E-state index >= 15 is 0 Å². The number of allylic oxidation sites excluding steroid dienone is 10. The van der Waals surface area contributed by atoms with Crippen molar-refractivity contribution in [3.8, 4) is 0 Å². The molecule has 8 nitrogen and oxygen atoms in total. The first-order chi connectivity index (χ1) is 28.6. The smallest absolute Gasteiger partial charge is 0.306 e. The molecule has 0 N–H and O–H groups in total. The van der Waals surface area contributed by atoms with Crippen LogP contribution in [0.3, 0.4) is 0 Å². The zero-order valence-electron chi connectivity index (χ0n) is 38.9. The molecule has 0 heterocycles. The standard InChI is InChI=1S/C50H92NO7P/c1-6-8-10-12-14-16-18-20-22-24-26-27-29-31-33-35-37-39-41-43-50(52)58-49(48-57-59(53,54)56-46-44-51(3,4)5)47-55-45-42-40-38-36-34-32-30-28-25-23-21-19-17-15-13-11-9-7-2/h9,11,15,17,20-23,28,30,49H,6-8,10,12-14,16,18-19,24-27,29,31-48H2,1-5H3/b11-9-,17-15-,22-20-,23-21-,30-28-. The Morgan fingerprint density at radius 3 is 1.49 bits per heavy atom. The SMILES string of the molecule is CC/C=C\C/C=C\C/C=C\C/C=C\CCCCCCCOCC(COP(=O)([O-])OCC[N+](C)(C)C)OC(=O)CCCCCCCCCCC/C=C\CCCCCCCC. The van der Waals surface area contributed by atoms with Crippen LogP contribution in [0.15, 0.2) is 60.8 Å². The minimum Gasteiger partial charge on any atom is -0.756 e. The van der Waals surface area contributed by atoms with Gasteiger partial charge in [-0.25, -0.2) is 0 Å². The van der Waals surface area contributed by atoms with Gasteiger partial charge < -0.3 is 27.9 Å². The number of carbonyl (C=O) groups excluding carboxylic acids is 1. The maximum atomic E-state index is 12.7. The van der Waals surface area contributed by atoms with Gasteiger partial charge in [-0.2, -0.15) is 0 Å². The third-order valence-electron chi connectivity index (χ3n) is 10.1. The third-order valence-corrected chi connectivity index (χ3v) is 11.0. The number of nitrogens with zero attached hydrogens (tertiary/aromatic N) is 1. The first-order valence-corrected chi connectivity index (χ1v) is 25.5. The molecule has 0 aliphatic heterocycles. The summed E-state index contributed by atoms with van der Waals surface area (Å²) in [5.74, 6) is -0.344. The highest BCUT2D eigenvalue weighted by Gasteiger charge is 2.20.